The summed E-state index contributed by atoms with van der Waals surface area (Å²) in [7, 11) is -1.04. The Hall–Kier alpha value is -0.850. The van der Waals surface area contributed by atoms with Crippen molar-refractivity contribution in [3.8, 4) is 0 Å². The number of nitrogens with one attached hydrogen (secondary N) is 1. The van der Waals surface area contributed by atoms with Crippen molar-refractivity contribution in [3.05, 3.63) is 30.1 Å². The molecule has 17 heavy (non-hydrogen) atoms. The SMILES string of the molecule is NNC(=S)[C@]1(c2cccnc2)CCCC[S@@]1=O. The summed E-state index contributed by atoms with van der Waals surface area (Å²) in [6, 6.07) is 3.75. The first-order chi connectivity index (χ1) is 8.21. The zero-order valence-corrected chi connectivity index (χ0v) is 11.0. The lowest BCUT2D eigenvalue weighted by molar-refractivity contribution is 0.571. The van der Waals surface area contributed by atoms with Gasteiger partial charge in [0.15, 0.2) is 0 Å². The molecule has 6 heteroatoms. The quantitative estimate of drug-likeness (QED) is 0.476. The average molecular weight is 269 g/mol. The van der Waals surface area contributed by atoms with E-state index in [4.69, 9.17) is 18.1 Å². The number of pyridine rings is 1. The van der Waals surface area contributed by atoms with Crippen molar-refractivity contribution in [1.82, 2.24) is 10.4 Å². The van der Waals surface area contributed by atoms with Gasteiger partial charge in [-0.3, -0.25) is 9.19 Å². The predicted molar refractivity (Wildman–Crippen MR) is 72.7 cm³/mol. The normalized spacial score (nSPS) is 28.6. The highest BCUT2D eigenvalue weighted by atomic mass is 32.2. The Bertz CT molecular complexity index is 428. The van der Waals surface area contributed by atoms with Gasteiger partial charge >= 0.3 is 0 Å². The van der Waals surface area contributed by atoms with Crippen LogP contribution in [0.1, 0.15) is 24.8 Å². The molecule has 1 saturated heterocycles. The highest BCUT2D eigenvalue weighted by Gasteiger charge is 2.44. The summed E-state index contributed by atoms with van der Waals surface area (Å²) in [5.74, 6) is 6.10. The van der Waals surface area contributed by atoms with Crippen molar-refractivity contribution >= 4 is 28.0 Å². The average Bonchev–Trinajstić information content (AvgIpc) is 2.39. The van der Waals surface area contributed by atoms with Gasteiger partial charge in [-0.25, -0.2) is 5.84 Å². The molecule has 2 rings (SSSR count). The van der Waals surface area contributed by atoms with Crippen LogP contribution in [-0.4, -0.2) is 19.9 Å². The van der Waals surface area contributed by atoms with E-state index >= 15 is 0 Å². The molecule has 0 aromatic carbocycles. The van der Waals surface area contributed by atoms with Crippen LogP contribution in [0.15, 0.2) is 24.5 Å². The Balaban J connectivity index is 2.50. The topological polar surface area (TPSA) is 68.0 Å². The first-order valence-corrected chi connectivity index (χ1v) is 7.24. The molecule has 0 bridgehead atoms. The Morgan fingerprint density at radius 1 is 1.59 bits per heavy atom. The molecule has 2 atom stereocenters. The second-order valence-electron chi connectivity index (χ2n) is 4.05. The minimum atomic E-state index is -1.04. The molecule has 4 nitrogen and oxygen atoms in total. The summed E-state index contributed by atoms with van der Waals surface area (Å²) >= 11 is 5.29. The number of nitrogens with two attached hydrogens (primary N) is 1. The van der Waals surface area contributed by atoms with Gasteiger partial charge in [0.25, 0.3) is 0 Å². The first kappa shape index (κ1) is 12.6. The van der Waals surface area contributed by atoms with Crippen LogP contribution in [0.5, 0.6) is 0 Å². The van der Waals surface area contributed by atoms with Crippen molar-refractivity contribution in [2.75, 3.05) is 5.75 Å². The fraction of sp³-hybridized carbons (Fsp3) is 0.455. The van der Waals surface area contributed by atoms with Gasteiger partial charge in [0.2, 0.25) is 0 Å². The number of aromatic nitrogens is 1. The second-order valence-corrected chi connectivity index (χ2v) is 6.25. The van der Waals surface area contributed by atoms with E-state index in [0.29, 0.717) is 10.7 Å². The molecule has 0 aliphatic carbocycles. The van der Waals surface area contributed by atoms with E-state index in [9.17, 15) is 4.21 Å². The summed E-state index contributed by atoms with van der Waals surface area (Å²) < 4.78 is 11.8. The van der Waals surface area contributed by atoms with Crippen LogP contribution in [0.2, 0.25) is 0 Å². The molecule has 0 saturated carbocycles. The van der Waals surface area contributed by atoms with Gasteiger partial charge in [0.1, 0.15) is 9.74 Å². The Morgan fingerprint density at radius 2 is 2.41 bits per heavy atom. The van der Waals surface area contributed by atoms with E-state index in [2.05, 4.69) is 10.4 Å². The van der Waals surface area contributed by atoms with Gasteiger partial charge in [0, 0.05) is 28.9 Å². The maximum Gasteiger partial charge on any atom is 0.123 e. The van der Waals surface area contributed by atoms with Crippen LogP contribution >= 0.6 is 12.2 Å². The molecule has 92 valence electrons. The minimum absolute atomic E-state index is 0.448. The third kappa shape index (κ3) is 2.12. The van der Waals surface area contributed by atoms with E-state index in [1.54, 1.807) is 12.4 Å². The Kier molecular flexibility index (Phi) is 3.86. The fourth-order valence-electron chi connectivity index (χ4n) is 2.24. The molecule has 1 aliphatic heterocycles. The maximum absolute atomic E-state index is 12.4. The van der Waals surface area contributed by atoms with Gasteiger partial charge in [-0.1, -0.05) is 24.7 Å². The van der Waals surface area contributed by atoms with E-state index in [-0.39, 0.29) is 0 Å². The predicted octanol–water partition coefficient (Wildman–Crippen LogP) is 1.00. The largest absolute Gasteiger partial charge is 0.317 e. The molecule has 2 heterocycles. The number of hydrogen-bond acceptors (Lipinski definition) is 4. The lowest BCUT2D eigenvalue weighted by Crippen LogP contribution is -2.51. The second kappa shape index (κ2) is 5.20. The molecule has 1 fully saturated rings. The van der Waals surface area contributed by atoms with Crippen molar-refractivity contribution in [1.29, 1.82) is 0 Å². The van der Waals surface area contributed by atoms with Crippen molar-refractivity contribution in [3.63, 3.8) is 0 Å². The van der Waals surface area contributed by atoms with Crippen LogP contribution in [0, 0.1) is 0 Å². The highest BCUT2D eigenvalue weighted by molar-refractivity contribution is 7.90. The third-order valence-electron chi connectivity index (χ3n) is 3.12. The van der Waals surface area contributed by atoms with Crippen molar-refractivity contribution < 1.29 is 4.21 Å². The number of nitrogens with zero attached hydrogens (tertiary/aromatic N) is 1. The van der Waals surface area contributed by atoms with Gasteiger partial charge in [-0.15, -0.1) is 0 Å². The minimum Gasteiger partial charge on any atom is -0.317 e. The summed E-state index contributed by atoms with van der Waals surface area (Å²) in [6.07, 6.45) is 6.16. The monoisotopic (exact) mass is 269 g/mol. The van der Waals surface area contributed by atoms with Gasteiger partial charge in [-0.2, -0.15) is 0 Å². The lowest BCUT2D eigenvalue weighted by Gasteiger charge is -2.36. The van der Waals surface area contributed by atoms with Gasteiger partial charge in [0.05, 0.1) is 0 Å². The standard InChI is InChI=1S/C11H15N3OS2/c12-14-10(16)11(5-1-2-7-17(11)15)9-4-3-6-13-8-9/h3-4,6,8H,1-2,5,7,12H2,(H,14,16)/t11-,17+/m1/s1. The first-order valence-electron chi connectivity index (χ1n) is 5.52. The zero-order valence-electron chi connectivity index (χ0n) is 9.39. The molecule has 0 amide bonds. The fourth-order valence-corrected chi connectivity index (χ4v) is 4.57. The molecule has 0 radical (unpaired) electrons. The summed E-state index contributed by atoms with van der Waals surface area (Å²) in [5, 5.41) is 0. The van der Waals surface area contributed by atoms with E-state index in [0.717, 1.165) is 24.8 Å². The van der Waals surface area contributed by atoms with Crippen LogP contribution in [0.3, 0.4) is 0 Å². The van der Waals surface area contributed by atoms with Gasteiger partial charge < -0.3 is 5.43 Å². The van der Waals surface area contributed by atoms with Crippen LogP contribution < -0.4 is 11.3 Å². The summed E-state index contributed by atoms with van der Waals surface area (Å²) in [6.45, 7) is 0. The number of hydrazine groups is 1. The Labute approximate surface area is 108 Å². The lowest BCUT2D eigenvalue weighted by atomic mass is 9.93. The maximum atomic E-state index is 12.4. The third-order valence-corrected chi connectivity index (χ3v) is 5.80. The van der Waals surface area contributed by atoms with E-state index < -0.39 is 15.5 Å². The number of hydrogen-bond donors (Lipinski definition) is 2. The molecular formula is C11H15N3OS2. The number of rotatable bonds is 2. The van der Waals surface area contributed by atoms with Crippen molar-refractivity contribution in [2.45, 2.75) is 24.0 Å². The molecular weight excluding hydrogens is 254 g/mol. The van der Waals surface area contributed by atoms with E-state index in [1.807, 2.05) is 12.1 Å². The zero-order chi connectivity index (χ0) is 12.3. The number of thiocarbonyl (C=S) groups is 1. The van der Waals surface area contributed by atoms with Crippen LogP contribution in [0.25, 0.3) is 0 Å². The molecule has 1 aromatic rings. The highest BCUT2D eigenvalue weighted by Crippen LogP contribution is 2.38. The van der Waals surface area contributed by atoms with Crippen molar-refractivity contribution in [2.24, 2.45) is 5.84 Å². The summed E-state index contributed by atoms with van der Waals surface area (Å²) in [4.78, 5) is 4.54. The molecule has 0 unspecified atom stereocenters. The molecule has 1 aromatic heterocycles. The smallest absolute Gasteiger partial charge is 0.123 e. The molecule has 0 spiro atoms. The van der Waals surface area contributed by atoms with Gasteiger partial charge in [-0.05, 0) is 24.5 Å². The molecule has 3 N–H and O–H groups in total. The molecule has 1 aliphatic rings. The van der Waals surface area contributed by atoms with Crippen LogP contribution in [-0.2, 0) is 15.5 Å². The van der Waals surface area contributed by atoms with E-state index in [1.165, 1.54) is 0 Å². The van der Waals surface area contributed by atoms with Crippen LogP contribution in [0.4, 0.5) is 0 Å². The Morgan fingerprint density at radius 3 is 3.00 bits per heavy atom. The summed E-state index contributed by atoms with van der Waals surface area (Å²) in [5.41, 5.74) is 3.40.